The highest BCUT2D eigenvalue weighted by Crippen LogP contribution is 2.38. The number of amides is 1. The standard InChI is InChI=1S/C15H22N2O3/c1-15(10-16,11-7-8-11)17-14(18)9-20-13-6-4-3-5-12(13)19-2/h3-6,11H,7-10,16H2,1-2H3,(H,17,18). The van der Waals surface area contributed by atoms with Gasteiger partial charge in [0.25, 0.3) is 5.91 Å². The van der Waals surface area contributed by atoms with Gasteiger partial charge in [-0.05, 0) is 37.8 Å². The Bertz CT molecular complexity index is 474. The third-order valence-electron chi connectivity index (χ3n) is 3.76. The van der Waals surface area contributed by atoms with Crippen molar-refractivity contribution in [1.29, 1.82) is 0 Å². The van der Waals surface area contributed by atoms with Gasteiger partial charge >= 0.3 is 0 Å². The van der Waals surface area contributed by atoms with Gasteiger partial charge in [0.15, 0.2) is 18.1 Å². The Morgan fingerprint density at radius 1 is 1.40 bits per heavy atom. The van der Waals surface area contributed by atoms with Crippen LogP contribution in [0.5, 0.6) is 11.5 Å². The van der Waals surface area contributed by atoms with Gasteiger partial charge in [-0.2, -0.15) is 0 Å². The van der Waals surface area contributed by atoms with Crippen molar-refractivity contribution in [2.75, 3.05) is 20.3 Å². The van der Waals surface area contributed by atoms with Gasteiger partial charge < -0.3 is 20.5 Å². The van der Waals surface area contributed by atoms with Crippen LogP contribution in [0.2, 0.25) is 0 Å². The molecule has 5 heteroatoms. The Kier molecular flexibility index (Phi) is 4.49. The van der Waals surface area contributed by atoms with Crippen molar-refractivity contribution in [2.45, 2.75) is 25.3 Å². The smallest absolute Gasteiger partial charge is 0.258 e. The van der Waals surface area contributed by atoms with Gasteiger partial charge in [0.2, 0.25) is 0 Å². The number of nitrogens with two attached hydrogens (primary N) is 1. The van der Waals surface area contributed by atoms with E-state index in [-0.39, 0.29) is 18.1 Å². The predicted molar refractivity (Wildman–Crippen MR) is 76.8 cm³/mol. The summed E-state index contributed by atoms with van der Waals surface area (Å²) in [5.74, 6) is 1.51. The first-order valence-corrected chi connectivity index (χ1v) is 6.86. The Hall–Kier alpha value is -1.75. The Labute approximate surface area is 119 Å². The highest BCUT2D eigenvalue weighted by Gasteiger charge is 2.41. The first-order valence-electron chi connectivity index (χ1n) is 6.86. The molecule has 0 heterocycles. The molecular formula is C15H22N2O3. The first kappa shape index (κ1) is 14.7. The third-order valence-corrected chi connectivity index (χ3v) is 3.76. The molecule has 0 saturated heterocycles. The minimum atomic E-state index is -0.318. The van der Waals surface area contributed by atoms with Crippen LogP contribution in [0.4, 0.5) is 0 Å². The molecule has 0 spiro atoms. The number of hydrogen-bond donors (Lipinski definition) is 2. The van der Waals surface area contributed by atoms with Crippen molar-refractivity contribution in [2.24, 2.45) is 11.7 Å². The Morgan fingerprint density at radius 2 is 2.05 bits per heavy atom. The van der Waals surface area contributed by atoms with Crippen molar-refractivity contribution in [3.05, 3.63) is 24.3 Å². The summed E-state index contributed by atoms with van der Waals surface area (Å²) in [5.41, 5.74) is 5.46. The average Bonchev–Trinajstić information content (AvgIpc) is 3.30. The zero-order valence-electron chi connectivity index (χ0n) is 12.0. The van der Waals surface area contributed by atoms with Gasteiger partial charge in [-0.15, -0.1) is 0 Å². The van der Waals surface area contributed by atoms with Crippen LogP contribution < -0.4 is 20.5 Å². The van der Waals surface area contributed by atoms with Crippen molar-refractivity contribution in [3.63, 3.8) is 0 Å². The number of para-hydroxylation sites is 2. The summed E-state index contributed by atoms with van der Waals surface area (Å²) in [6, 6.07) is 7.25. The monoisotopic (exact) mass is 278 g/mol. The molecule has 1 fully saturated rings. The van der Waals surface area contributed by atoms with Crippen molar-refractivity contribution < 1.29 is 14.3 Å². The lowest BCUT2D eigenvalue weighted by molar-refractivity contribution is -0.125. The van der Waals surface area contributed by atoms with Crippen molar-refractivity contribution in [3.8, 4) is 11.5 Å². The molecule has 1 unspecified atom stereocenters. The number of carbonyl (C=O) groups excluding carboxylic acids is 1. The van der Waals surface area contributed by atoms with E-state index >= 15 is 0 Å². The van der Waals surface area contributed by atoms with Gasteiger partial charge in [0, 0.05) is 6.54 Å². The van der Waals surface area contributed by atoms with Gasteiger partial charge in [-0.1, -0.05) is 12.1 Å². The summed E-state index contributed by atoms with van der Waals surface area (Å²) in [6.07, 6.45) is 2.25. The van der Waals surface area contributed by atoms with Gasteiger partial charge in [-0.3, -0.25) is 4.79 Å². The molecule has 0 bridgehead atoms. The van der Waals surface area contributed by atoms with E-state index in [1.807, 2.05) is 19.1 Å². The molecule has 1 aromatic rings. The number of ether oxygens (including phenoxy) is 2. The number of benzene rings is 1. The van der Waals surface area contributed by atoms with E-state index in [9.17, 15) is 4.79 Å². The second-order valence-corrected chi connectivity index (χ2v) is 5.38. The van der Waals surface area contributed by atoms with Crippen LogP contribution in [0.3, 0.4) is 0 Å². The van der Waals surface area contributed by atoms with Crippen molar-refractivity contribution >= 4 is 5.91 Å². The first-order chi connectivity index (χ1) is 9.59. The Balaban J connectivity index is 1.88. The van der Waals surface area contributed by atoms with Crippen LogP contribution in [0.1, 0.15) is 19.8 Å². The molecule has 1 aliphatic carbocycles. The summed E-state index contributed by atoms with van der Waals surface area (Å²) >= 11 is 0. The molecule has 20 heavy (non-hydrogen) atoms. The quantitative estimate of drug-likeness (QED) is 0.789. The number of rotatable bonds is 7. The molecule has 110 valence electrons. The topological polar surface area (TPSA) is 73.6 Å². The van der Waals surface area contributed by atoms with Crippen LogP contribution >= 0.6 is 0 Å². The molecule has 2 rings (SSSR count). The average molecular weight is 278 g/mol. The summed E-state index contributed by atoms with van der Waals surface area (Å²) in [6.45, 7) is 2.40. The van der Waals surface area contributed by atoms with E-state index in [4.69, 9.17) is 15.2 Å². The van der Waals surface area contributed by atoms with E-state index in [1.54, 1.807) is 19.2 Å². The fraction of sp³-hybridized carbons (Fsp3) is 0.533. The largest absolute Gasteiger partial charge is 0.493 e. The molecular weight excluding hydrogens is 256 g/mol. The SMILES string of the molecule is COc1ccccc1OCC(=O)NC(C)(CN)C1CC1. The van der Waals surface area contributed by atoms with E-state index in [0.29, 0.717) is 24.0 Å². The lowest BCUT2D eigenvalue weighted by Crippen LogP contribution is -2.54. The summed E-state index contributed by atoms with van der Waals surface area (Å²) < 4.78 is 10.7. The van der Waals surface area contributed by atoms with Crippen molar-refractivity contribution in [1.82, 2.24) is 5.32 Å². The molecule has 0 aromatic heterocycles. The number of nitrogens with one attached hydrogen (secondary N) is 1. The van der Waals surface area contributed by atoms with Crippen LogP contribution in [0, 0.1) is 5.92 Å². The summed E-state index contributed by atoms with van der Waals surface area (Å²) in [7, 11) is 1.57. The number of hydrogen-bond acceptors (Lipinski definition) is 4. The number of carbonyl (C=O) groups is 1. The fourth-order valence-corrected chi connectivity index (χ4v) is 2.28. The molecule has 1 saturated carbocycles. The van der Waals surface area contributed by atoms with E-state index in [2.05, 4.69) is 5.32 Å². The highest BCUT2D eigenvalue weighted by atomic mass is 16.5. The molecule has 1 aliphatic rings. The minimum Gasteiger partial charge on any atom is -0.493 e. The van der Waals surface area contributed by atoms with E-state index in [1.165, 1.54) is 0 Å². The molecule has 1 atom stereocenters. The molecule has 3 N–H and O–H groups in total. The van der Waals surface area contributed by atoms with Gasteiger partial charge in [0.1, 0.15) is 0 Å². The lowest BCUT2D eigenvalue weighted by Gasteiger charge is -2.29. The van der Waals surface area contributed by atoms with Gasteiger partial charge in [0.05, 0.1) is 12.6 Å². The molecule has 0 radical (unpaired) electrons. The van der Waals surface area contributed by atoms with Crippen LogP contribution in [-0.4, -0.2) is 31.7 Å². The second kappa shape index (κ2) is 6.13. The fourth-order valence-electron chi connectivity index (χ4n) is 2.28. The number of methoxy groups -OCH3 is 1. The predicted octanol–water partition coefficient (Wildman–Crippen LogP) is 1.32. The molecule has 1 amide bonds. The molecule has 1 aromatic carbocycles. The van der Waals surface area contributed by atoms with Gasteiger partial charge in [-0.25, -0.2) is 0 Å². The second-order valence-electron chi connectivity index (χ2n) is 5.38. The summed E-state index contributed by atoms with van der Waals surface area (Å²) in [4.78, 5) is 12.0. The maximum atomic E-state index is 12.0. The maximum Gasteiger partial charge on any atom is 0.258 e. The van der Waals surface area contributed by atoms with Crippen LogP contribution in [0.15, 0.2) is 24.3 Å². The molecule has 0 aliphatic heterocycles. The maximum absolute atomic E-state index is 12.0. The zero-order valence-corrected chi connectivity index (χ0v) is 12.0. The minimum absolute atomic E-state index is 0.0390. The van der Waals surface area contributed by atoms with Crippen LogP contribution in [0.25, 0.3) is 0 Å². The highest BCUT2D eigenvalue weighted by molar-refractivity contribution is 5.78. The van der Waals surface area contributed by atoms with E-state index in [0.717, 1.165) is 12.8 Å². The third kappa shape index (κ3) is 3.42. The van der Waals surface area contributed by atoms with Crippen LogP contribution in [-0.2, 0) is 4.79 Å². The normalized spacial score (nSPS) is 17.1. The van der Waals surface area contributed by atoms with E-state index < -0.39 is 0 Å². The Morgan fingerprint density at radius 3 is 2.60 bits per heavy atom. The zero-order chi connectivity index (χ0) is 14.6. The lowest BCUT2D eigenvalue weighted by atomic mass is 9.96. The molecule has 5 nitrogen and oxygen atoms in total. The summed E-state index contributed by atoms with van der Waals surface area (Å²) in [5, 5.41) is 2.98.